The second kappa shape index (κ2) is 4.49. The number of aromatic nitrogens is 2. The zero-order valence-electron chi connectivity index (χ0n) is 10.1. The van der Waals surface area contributed by atoms with Crippen molar-refractivity contribution in [2.24, 2.45) is 0 Å². The van der Waals surface area contributed by atoms with Crippen LogP contribution in [-0.2, 0) is 6.54 Å². The van der Waals surface area contributed by atoms with Crippen LogP contribution in [0.3, 0.4) is 0 Å². The van der Waals surface area contributed by atoms with Gasteiger partial charge in [-0.05, 0) is 25.1 Å². The van der Waals surface area contributed by atoms with Gasteiger partial charge in [-0.25, -0.2) is 9.97 Å². The molecule has 0 atom stereocenters. The zero-order valence-corrected chi connectivity index (χ0v) is 10.1. The van der Waals surface area contributed by atoms with Gasteiger partial charge in [0.2, 0.25) is 0 Å². The SMILES string of the molecule is Cc1nc2ccccc2nc1NCc1ccoc1. The maximum absolute atomic E-state index is 5.03. The van der Waals surface area contributed by atoms with Crippen molar-refractivity contribution in [3.05, 3.63) is 54.1 Å². The average Bonchev–Trinajstić information content (AvgIpc) is 2.89. The van der Waals surface area contributed by atoms with Crippen molar-refractivity contribution < 1.29 is 4.42 Å². The Labute approximate surface area is 105 Å². The summed E-state index contributed by atoms with van der Waals surface area (Å²) < 4.78 is 5.03. The lowest BCUT2D eigenvalue weighted by atomic mass is 10.3. The van der Waals surface area contributed by atoms with Crippen LogP contribution in [0.2, 0.25) is 0 Å². The molecule has 0 fully saturated rings. The maximum Gasteiger partial charge on any atom is 0.148 e. The molecule has 90 valence electrons. The third-order valence-corrected chi connectivity index (χ3v) is 2.78. The van der Waals surface area contributed by atoms with Crippen LogP contribution in [0.4, 0.5) is 5.82 Å². The Morgan fingerprint density at radius 3 is 2.61 bits per heavy atom. The number of nitrogens with zero attached hydrogens (tertiary/aromatic N) is 2. The van der Waals surface area contributed by atoms with Crippen LogP contribution < -0.4 is 5.32 Å². The fourth-order valence-electron chi connectivity index (χ4n) is 1.83. The molecule has 4 heteroatoms. The molecule has 3 aromatic rings. The molecule has 0 spiro atoms. The molecular formula is C14H13N3O. The molecule has 0 saturated carbocycles. The summed E-state index contributed by atoms with van der Waals surface area (Å²) in [5.41, 5.74) is 3.81. The Kier molecular flexibility index (Phi) is 2.68. The highest BCUT2D eigenvalue weighted by atomic mass is 16.3. The molecule has 2 heterocycles. The lowest BCUT2D eigenvalue weighted by Crippen LogP contribution is -2.04. The Morgan fingerprint density at radius 1 is 1.11 bits per heavy atom. The summed E-state index contributed by atoms with van der Waals surface area (Å²) in [6.07, 6.45) is 3.38. The monoisotopic (exact) mass is 239 g/mol. The number of anilines is 1. The maximum atomic E-state index is 5.03. The Morgan fingerprint density at radius 2 is 1.89 bits per heavy atom. The first-order chi connectivity index (χ1) is 8.83. The number of furan rings is 1. The molecule has 18 heavy (non-hydrogen) atoms. The van der Waals surface area contributed by atoms with Crippen LogP contribution in [0.15, 0.2) is 47.3 Å². The predicted molar refractivity (Wildman–Crippen MR) is 70.3 cm³/mol. The first-order valence-corrected chi connectivity index (χ1v) is 5.81. The molecule has 1 aromatic carbocycles. The van der Waals surface area contributed by atoms with Crippen LogP contribution >= 0.6 is 0 Å². The van der Waals surface area contributed by atoms with Gasteiger partial charge in [-0.2, -0.15) is 0 Å². The predicted octanol–water partition coefficient (Wildman–Crippen LogP) is 3.14. The van der Waals surface area contributed by atoms with Crippen molar-refractivity contribution in [3.8, 4) is 0 Å². The van der Waals surface area contributed by atoms with E-state index in [2.05, 4.69) is 15.3 Å². The largest absolute Gasteiger partial charge is 0.472 e. The van der Waals surface area contributed by atoms with Gasteiger partial charge in [0.05, 0.1) is 29.3 Å². The number of hydrogen-bond donors (Lipinski definition) is 1. The minimum Gasteiger partial charge on any atom is -0.472 e. The lowest BCUT2D eigenvalue weighted by Gasteiger charge is -2.08. The van der Waals surface area contributed by atoms with Crippen LogP contribution in [0.25, 0.3) is 11.0 Å². The molecule has 2 aromatic heterocycles. The highest BCUT2D eigenvalue weighted by Crippen LogP contribution is 2.16. The molecule has 0 radical (unpaired) electrons. The number of rotatable bonds is 3. The second-order valence-electron chi connectivity index (χ2n) is 4.13. The normalized spacial score (nSPS) is 10.7. The topological polar surface area (TPSA) is 51.0 Å². The van der Waals surface area contributed by atoms with Gasteiger partial charge in [-0.1, -0.05) is 12.1 Å². The summed E-state index contributed by atoms with van der Waals surface area (Å²) in [4.78, 5) is 9.10. The first-order valence-electron chi connectivity index (χ1n) is 5.81. The standard InChI is InChI=1S/C14H13N3O/c1-10-14(15-8-11-6-7-18-9-11)17-13-5-3-2-4-12(13)16-10/h2-7,9H,8H2,1H3,(H,15,17). The van der Waals surface area contributed by atoms with Crippen molar-refractivity contribution in [3.63, 3.8) is 0 Å². The molecule has 0 unspecified atom stereocenters. The van der Waals surface area contributed by atoms with Gasteiger partial charge in [0.1, 0.15) is 5.82 Å². The van der Waals surface area contributed by atoms with E-state index in [1.54, 1.807) is 12.5 Å². The average molecular weight is 239 g/mol. The van der Waals surface area contributed by atoms with Gasteiger partial charge < -0.3 is 9.73 Å². The summed E-state index contributed by atoms with van der Waals surface area (Å²) in [6, 6.07) is 9.79. The van der Waals surface area contributed by atoms with Gasteiger partial charge >= 0.3 is 0 Å². The molecule has 0 aliphatic heterocycles. The summed E-state index contributed by atoms with van der Waals surface area (Å²) in [6.45, 7) is 2.64. The van der Waals surface area contributed by atoms with E-state index in [4.69, 9.17) is 4.42 Å². The molecule has 0 amide bonds. The number of benzene rings is 1. The number of para-hydroxylation sites is 2. The summed E-state index contributed by atoms with van der Waals surface area (Å²) in [5.74, 6) is 0.815. The zero-order chi connectivity index (χ0) is 12.4. The molecule has 0 aliphatic carbocycles. The van der Waals surface area contributed by atoms with Crippen molar-refractivity contribution in [1.82, 2.24) is 9.97 Å². The van der Waals surface area contributed by atoms with Gasteiger partial charge in [0.15, 0.2) is 0 Å². The highest BCUT2D eigenvalue weighted by molar-refractivity contribution is 5.76. The van der Waals surface area contributed by atoms with Gasteiger partial charge in [0.25, 0.3) is 0 Å². The molecule has 4 nitrogen and oxygen atoms in total. The van der Waals surface area contributed by atoms with E-state index in [-0.39, 0.29) is 0 Å². The molecule has 3 rings (SSSR count). The number of nitrogens with one attached hydrogen (secondary N) is 1. The fraction of sp³-hybridized carbons (Fsp3) is 0.143. The van der Waals surface area contributed by atoms with Gasteiger partial charge in [0, 0.05) is 12.1 Å². The van der Waals surface area contributed by atoms with Crippen LogP contribution in [-0.4, -0.2) is 9.97 Å². The number of hydrogen-bond acceptors (Lipinski definition) is 4. The minimum absolute atomic E-state index is 0.685. The van der Waals surface area contributed by atoms with E-state index in [0.29, 0.717) is 6.54 Å². The van der Waals surface area contributed by atoms with E-state index < -0.39 is 0 Å². The Balaban J connectivity index is 1.89. The molecule has 1 N–H and O–H groups in total. The van der Waals surface area contributed by atoms with Gasteiger partial charge in [-0.15, -0.1) is 0 Å². The van der Waals surface area contributed by atoms with Crippen LogP contribution in [0, 0.1) is 6.92 Å². The lowest BCUT2D eigenvalue weighted by molar-refractivity contribution is 0.564. The van der Waals surface area contributed by atoms with E-state index in [9.17, 15) is 0 Å². The second-order valence-corrected chi connectivity index (χ2v) is 4.13. The molecule has 0 aliphatic rings. The smallest absolute Gasteiger partial charge is 0.148 e. The van der Waals surface area contributed by atoms with Crippen molar-refractivity contribution >= 4 is 16.9 Å². The minimum atomic E-state index is 0.685. The van der Waals surface area contributed by atoms with E-state index in [1.807, 2.05) is 37.3 Å². The molecule has 0 saturated heterocycles. The van der Waals surface area contributed by atoms with Crippen molar-refractivity contribution in [2.45, 2.75) is 13.5 Å². The molecular weight excluding hydrogens is 226 g/mol. The highest BCUT2D eigenvalue weighted by Gasteiger charge is 2.04. The third kappa shape index (κ3) is 2.05. The number of aryl methyl sites for hydroxylation is 1. The number of fused-ring (bicyclic) bond motifs is 1. The Hall–Kier alpha value is -2.36. The summed E-state index contributed by atoms with van der Waals surface area (Å²) in [7, 11) is 0. The van der Waals surface area contributed by atoms with E-state index in [1.165, 1.54) is 0 Å². The van der Waals surface area contributed by atoms with Crippen molar-refractivity contribution in [2.75, 3.05) is 5.32 Å². The van der Waals surface area contributed by atoms with Gasteiger partial charge in [-0.3, -0.25) is 0 Å². The quantitative estimate of drug-likeness (QED) is 0.762. The van der Waals surface area contributed by atoms with Crippen LogP contribution in [0.1, 0.15) is 11.3 Å². The molecule has 0 bridgehead atoms. The first kappa shape index (κ1) is 10.8. The fourth-order valence-corrected chi connectivity index (χ4v) is 1.83. The van der Waals surface area contributed by atoms with E-state index in [0.717, 1.165) is 28.1 Å². The Bertz CT molecular complexity index is 662. The van der Waals surface area contributed by atoms with Crippen molar-refractivity contribution in [1.29, 1.82) is 0 Å². The summed E-state index contributed by atoms with van der Waals surface area (Å²) >= 11 is 0. The third-order valence-electron chi connectivity index (χ3n) is 2.78. The van der Waals surface area contributed by atoms with E-state index >= 15 is 0 Å². The summed E-state index contributed by atoms with van der Waals surface area (Å²) in [5, 5.41) is 3.27. The van der Waals surface area contributed by atoms with Crippen LogP contribution in [0.5, 0.6) is 0 Å².